The highest BCUT2D eigenvalue weighted by molar-refractivity contribution is 7.89. The number of ether oxygens (including phenoxy) is 1. The van der Waals surface area contributed by atoms with Crippen LogP contribution >= 0.6 is 0 Å². The summed E-state index contributed by atoms with van der Waals surface area (Å²) in [6.07, 6.45) is 0.510. The van der Waals surface area contributed by atoms with Crippen LogP contribution in [0.1, 0.15) is 31.7 Å². The van der Waals surface area contributed by atoms with Crippen molar-refractivity contribution in [1.29, 1.82) is 0 Å². The molecule has 0 aliphatic carbocycles. The smallest absolute Gasteiger partial charge is 0.310 e. The first-order valence-electron chi connectivity index (χ1n) is 7.04. The van der Waals surface area contributed by atoms with Gasteiger partial charge in [0.05, 0.1) is 17.9 Å². The van der Waals surface area contributed by atoms with Crippen molar-refractivity contribution >= 4 is 16.0 Å². The van der Waals surface area contributed by atoms with E-state index in [2.05, 4.69) is 18.6 Å². The molecule has 1 aromatic rings. The van der Waals surface area contributed by atoms with E-state index in [0.717, 1.165) is 5.56 Å². The van der Waals surface area contributed by atoms with Crippen LogP contribution in [0.3, 0.4) is 0 Å². The van der Waals surface area contributed by atoms with Crippen LogP contribution in [-0.2, 0) is 19.6 Å². The monoisotopic (exact) mass is 311 g/mol. The summed E-state index contributed by atoms with van der Waals surface area (Å²) in [6.45, 7) is 4.67. The van der Waals surface area contributed by atoms with E-state index in [1.165, 1.54) is 11.4 Å². The maximum atomic E-state index is 12.5. The summed E-state index contributed by atoms with van der Waals surface area (Å²) in [4.78, 5) is 11.8. The lowest BCUT2D eigenvalue weighted by Crippen LogP contribution is -2.30. The van der Waals surface area contributed by atoms with Crippen molar-refractivity contribution in [2.45, 2.75) is 31.1 Å². The van der Waals surface area contributed by atoms with Crippen molar-refractivity contribution < 1.29 is 17.9 Å². The molecule has 1 saturated heterocycles. The number of esters is 1. The number of methoxy groups -OCH3 is 1. The van der Waals surface area contributed by atoms with Gasteiger partial charge < -0.3 is 4.74 Å². The van der Waals surface area contributed by atoms with Crippen LogP contribution < -0.4 is 0 Å². The molecule has 1 aliphatic rings. The van der Waals surface area contributed by atoms with E-state index >= 15 is 0 Å². The summed E-state index contributed by atoms with van der Waals surface area (Å²) in [7, 11) is -2.21. The van der Waals surface area contributed by atoms with Crippen LogP contribution in [0.4, 0.5) is 0 Å². The normalized spacial score (nSPS) is 19.9. The molecule has 0 amide bonds. The van der Waals surface area contributed by atoms with Gasteiger partial charge in [0.2, 0.25) is 10.0 Å². The number of hydrogen-bond donors (Lipinski definition) is 0. The first-order valence-corrected chi connectivity index (χ1v) is 8.48. The number of hydrogen-bond acceptors (Lipinski definition) is 4. The average Bonchev–Trinajstić information content (AvgIpc) is 2.97. The van der Waals surface area contributed by atoms with Gasteiger partial charge in [-0.3, -0.25) is 4.79 Å². The topological polar surface area (TPSA) is 63.7 Å². The van der Waals surface area contributed by atoms with Crippen molar-refractivity contribution in [2.75, 3.05) is 20.2 Å². The number of sulfonamides is 1. The zero-order valence-corrected chi connectivity index (χ0v) is 13.4. The van der Waals surface area contributed by atoms with Gasteiger partial charge in [0.25, 0.3) is 0 Å². The van der Waals surface area contributed by atoms with E-state index in [1.807, 2.05) is 12.1 Å². The van der Waals surface area contributed by atoms with E-state index < -0.39 is 10.0 Å². The first kappa shape index (κ1) is 16.0. The van der Waals surface area contributed by atoms with Gasteiger partial charge in [-0.1, -0.05) is 26.0 Å². The Morgan fingerprint density at radius 3 is 2.43 bits per heavy atom. The Kier molecular flexibility index (Phi) is 4.68. The lowest BCUT2D eigenvalue weighted by atomic mass is 10.0. The van der Waals surface area contributed by atoms with E-state index in [9.17, 15) is 13.2 Å². The van der Waals surface area contributed by atoms with E-state index in [0.29, 0.717) is 18.9 Å². The van der Waals surface area contributed by atoms with Gasteiger partial charge in [-0.2, -0.15) is 4.31 Å². The van der Waals surface area contributed by atoms with Gasteiger partial charge in [-0.25, -0.2) is 8.42 Å². The van der Waals surface area contributed by atoms with Gasteiger partial charge in [-0.15, -0.1) is 0 Å². The Bertz CT molecular complexity index is 607. The Hall–Kier alpha value is -1.40. The average molecular weight is 311 g/mol. The summed E-state index contributed by atoms with van der Waals surface area (Å²) in [5.74, 6) is -0.347. The second-order valence-electron chi connectivity index (χ2n) is 5.60. The third-order valence-electron chi connectivity index (χ3n) is 3.87. The zero-order chi connectivity index (χ0) is 15.6. The molecule has 1 heterocycles. The molecular weight excluding hydrogens is 290 g/mol. The molecule has 0 bridgehead atoms. The first-order chi connectivity index (χ1) is 9.86. The number of rotatable bonds is 4. The fraction of sp³-hybridized carbons (Fsp3) is 0.533. The molecule has 0 N–H and O–H groups in total. The highest BCUT2D eigenvalue weighted by Crippen LogP contribution is 2.26. The van der Waals surface area contributed by atoms with Crippen LogP contribution in [0.15, 0.2) is 29.2 Å². The molecule has 1 atom stereocenters. The highest BCUT2D eigenvalue weighted by atomic mass is 32.2. The molecule has 0 radical (unpaired) electrons. The van der Waals surface area contributed by atoms with Crippen molar-refractivity contribution in [2.24, 2.45) is 5.92 Å². The molecule has 0 aromatic heterocycles. The third kappa shape index (κ3) is 3.27. The number of benzene rings is 1. The highest BCUT2D eigenvalue weighted by Gasteiger charge is 2.36. The summed E-state index contributed by atoms with van der Waals surface area (Å²) in [5.41, 5.74) is 1.10. The molecule has 116 valence electrons. The quantitative estimate of drug-likeness (QED) is 0.798. The molecule has 1 fully saturated rings. The second-order valence-corrected chi connectivity index (χ2v) is 7.53. The SMILES string of the molecule is COC(=O)C1CCN(S(=O)(=O)c2ccc(C(C)C)cc2)C1. The number of carbonyl (C=O) groups is 1. The Morgan fingerprint density at radius 2 is 1.90 bits per heavy atom. The molecule has 5 nitrogen and oxygen atoms in total. The summed E-state index contributed by atoms with van der Waals surface area (Å²) >= 11 is 0. The Labute approximate surface area is 126 Å². The van der Waals surface area contributed by atoms with Crippen LogP contribution in [0.2, 0.25) is 0 Å². The minimum Gasteiger partial charge on any atom is -0.469 e. The van der Waals surface area contributed by atoms with Gasteiger partial charge >= 0.3 is 5.97 Å². The summed E-state index contributed by atoms with van der Waals surface area (Å²) < 4.78 is 31.1. The number of nitrogens with zero attached hydrogens (tertiary/aromatic N) is 1. The van der Waals surface area contributed by atoms with E-state index in [4.69, 9.17) is 0 Å². The van der Waals surface area contributed by atoms with Crippen LogP contribution in [0.25, 0.3) is 0 Å². The molecule has 1 unspecified atom stereocenters. The second kappa shape index (κ2) is 6.15. The van der Waals surface area contributed by atoms with Crippen molar-refractivity contribution in [3.63, 3.8) is 0 Å². The van der Waals surface area contributed by atoms with E-state index in [1.54, 1.807) is 12.1 Å². The van der Waals surface area contributed by atoms with Gasteiger partial charge in [0.15, 0.2) is 0 Å². The van der Waals surface area contributed by atoms with Crippen LogP contribution in [-0.4, -0.2) is 38.9 Å². The Balaban J connectivity index is 2.17. The fourth-order valence-corrected chi connectivity index (χ4v) is 3.98. The standard InChI is InChI=1S/C15H21NO4S/c1-11(2)12-4-6-14(7-5-12)21(18,19)16-9-8-13(10-16)15(17)20-3/h4-7,11,13H,8-10H2,1-3H3. The van der Waals surface area contributed by atoms with Crippen molar-refractivity contribution in [1.82, 2.24) is 4.31 Å². The van der Waals surface area contributed by atoms with Crippen LogP contribution in [0.5, 0.6) is 0 Å². The van der Waals surface area contributed by atoms with Gasteiger partial charge in [0, 0.05) is 13.1 Å². The molecule has 1 aromatic carbocycles. The molecule has 1 aliphatic heterocycles. The summed E-state index contributed by atoms with van der Waals surface area (Å²) in [6, 6.07) is 6.95. The predicted molar refractivity (Wildman–Crippen MR) is 79.4 cm³/mol. The Morgan fingerprint density at radius 1 is 1.29 bits per heavy atom. The molecule has 21 heavy (non-hydrogen) atoms. The zero-order valence-electron chi connectivity index (χ0n) is 12.6. The number of carbonyl (C=O) groups excluding carboxylic acids is 1. The minimum atomic E-state index is -3.53. The molecule has 0 saturated carbocycles. The summed E-state index contributed by atoms with van der Waals surface area (Å²) in [5, 5.41) is 0. The predicted octanol–water partition coefficient (Wildman–Crippen LogP) is 1.99. The fourth-order valence-electron chi connectivity index (χ4n) is 2.48. The molecule has 6 heteroatoms. The van der Waals surface area contributed by atoms with Crippen LogP contribution in [0, 0.1) is 5.92 Å². The minimum absolute atomic E-state index is 0.195. The molecule has 0 spiro atoms. The largest absolute Gasteiger partial charge is 0.469 e. The maximum Gasteiger partial charge on any atom is 0.310 e. The van der Waals surface area contributed by atoms with Gasteiger partial charge in [-0.05, 0) is 30.0 Å². The van der Waals surface area contributed by atoms with Crippen molar-refractivity contribution in [3.05, 3.63) is 29.8 Å². The van der Waals surface area contributed by atoms with Gasteiger partial charge in [0.1, 0.15) is 0 Å². The van der Waals surface area contributed by atoms with E-state index in [-0.39, 0.29) is 23.3 Å². The molecular formula is C15H21NO4S. The lowest BCUT2D eigenvalue weighted by molar-refractivity contribution is -0.144. The van der Waals surface area contributed by atoms with Crippen molar-refractivity contribution in [3.8, 4) is 0 Å². The maximum absolute atomic E-state index is 12.5. The lowest BCUT2D eigenvalue weighted by Gasteiger charge is -2.16. The molecule has 2 rings (SSSR count). The third-order valence-corrected chi connectivity index (χ3v) is 5.75.